The molecule has 2 aromatic carbocycles. The number of hydrogen-bond donors (Lipinski definition) is 1. The van der Waals surface area contributed by atoms with Crippen molar-refractivity contribution < 1.29 is 28.8 Å². The Bertz CT molecular complexity index is 772. The molecule has 1 N–H and O–H groups in total. The van der Waals surface area contributed by atoms with Crippen molar-refractivity contribution in [3.63, 3.8) is 0 Å². The second-order valence-electron chi connectivity index (χ2n) is 5.73. The number of methoxy groups -OCH3 is 2. The van der Waals surface area contributed by atoms with E-state index >= 15 is 0 Å². The minimum absolute atomic E-state index is 0.212. The molecule has 6 nitrogen and oxygen atoms in total. The lowest BCUT2D eigenvalue weighted by Gasteiger charge is -2.32. The van der Waals surface area contributed by atoms with Crippen LogP contribution in [0.15, 0.2) is 30.3 Å². The summed E-state index contributed by atoms with van der Waals surface area (Å²) in [5.74, 6) is 3.31. The van der Waals surface area contributed by atoms with Gasteiger partial charge in [0.05, 0.1) is 20.3 Å². The summed E-state index contributed by atoms with van der Waals surface area (Å²) in [6.07, 6.45) is -0.759. The van der Waals surface area contributed by atoms with Gasteiger partial charge in [0.25, 0.3) is 0 Å². The number of hydrogen-bond acceptors (Lipinski definition) is 6. The molecule has 2 heterocycles. The zero-order valence-electron chi connectivity index (χ0n) is 13.4. The molecule has 4 rings (SSSR count). The Balaban J connectivity index is 1.71. The van der Waals surface area contributed by atoms with Crippen molar-refractivity contribution in [1.29, 1.82) is 0 Å². The van der Waals surface area contributed by atoms with Crippen molar-refractivity contribution in [2.75, 3.05) is 21.0 Å². The lowest BCUT2D eigenvalue weighted by atomic mass is 9.94. The van der Waals surface area contributed by atoms with Crippen LogP contribution in [0.2, 0.25) is 0 Å². The molecule has 126 valence electrons. The molecule has 2 atom stereocenters. The van der Waals surface area contributed by atoms with Gasteiger partial charge in [0.15, 0.2) is 11.5 Å². The van der Waals surface area contributed by atoms with E-state index in [0.29, 0.717) is 35.2 Å². The Morgan fingerprint density at radius 3 is 2.62 bits per heavy atom. The Morgan fingerprint density at radius 2 is 1.83 bits per heavy atom. The van der Waals surface area contributed by atoms with Gasteiger partial charge in [0, 0.05) is 24.1 Å². The number of aliphatic hydroxyl groups excluding tert-OH is 1. The van der Waals surface area contributed by atoms with Crippen LogP contribution in [-0.2, 0) is 6.42 Å². The minimum atomic E-state index is -0.694. The van der Waals surface area contributed by atoms with E-state index in [2.05, 4.69) is 0 Å². The highest BCUT2D eigenvalue weighted by Gasteiger charge is 2.33. The van der Waals surface area contributed by atoms with E-state index in [4.69, 9.17) is 23.7 Å². The highest BCUT2D eigenvalue weighted by molar-refractivity contribution is 5.53. The van der Waals surface area contributed by atoms with Gasteiger partial charge in [-0.1, -0.05) is 6.07 Å². The smallest absolute Gasteiger partial charge is 0.231 e. The fourth-order valence-corrected chi connectivity index (χ4v) is 3.11. The van der Waals surface area contributed by atoms with Crippen LogP contribution in [0, 0.1) is 0 Å². The van der Waals surface area contributed by atoms with Gasteiger partial charge >= 0.3 is 0 Å². The van der Waals surface area contributed by atoms with E-state index < -0.39 is 12.2 Å². The molecular formula is C18H18O6. The molecule has 0 saturated heterocycles. The number of fused-ring (bicyclic) bond motifs is 2. The minimum Gasteiger partial charge on any atom is -0.496 e. The average molecular weight is 330 g/mol. The molecule has 0 spiro atoms. The van der Waals surface area contributed by atoms with Gasteiger partial charge < -0.3 is 28.8 Å². The fourth-order valence-electron chi connectivity index (χ4n) is 3.11. The topological polar surface area (TPSA) is 66.4 Å². The molecule has 2 aliphatic rings. The Hall–Kier alpha value is -2.60. The van der Waals surface area contributed by atoms with Crippen molar-refractivity contribution in [3.05, 3.63) is 41.5 Å². The summed E-state index contributed by atoms with van der Waals surface area (Å²) in [4.78, 5) is 0. The molecular weight excluding hydrogens is 312 g/mol. The third kappa shape index (κ3) is 2.39. The van der Waals surface area contributed by atoms with E-state index in [9.17, 15) is 5.11 Å². The Kier molecular flexibility index (Phi) is 3.61. The maximum Gasteiger partial charge on any atom is 0.231 e. The van der Waals surface area contributed by atoms with Crippen molar-refractivity contribution in [2.24, 2.45) is 0 Å². The highest BCUT2D eigenvalue weighted by atomic mass is 16.7. The van der Waals surface area contributed by atoms with Gasteiger partial charge in [-0.3, -0.25) is 0 Å². The first-order valence-corrected chi connectivity index (χ1v) is 7.68. The second-order valence-corrected chi connectivity index (χ2v) is 5.73. The predicted octanol–water partition coefficient (Wildman–Crippen LogP) is 2.47. The molecule has 0 aromatic heterocycles. The van der Waals surface area contributed by atoms with Crippen molar-refractivity contribution in [2.45, 2.75) is 18.6 Å². The molecule has 0 aliphatic carbocycles. The van der Waals surface area contributed by atoms with Gasteiger partial charge in [-0.2, -0.15) is 0 Å². The first kappa shape index (κ1) is 15.0. The van der Waals surface area contributed by atoms with Crippen LogP contribution in [0.3, 0.4) is 0 Å². The first-order chi connectivity index (χ1) is 11.7. The normalized spacial score (nSPS) is 21.0. The van der Waals surface area contributed by atoms with Crippen molar-refractivity contribution in [1.82, 2.24) is 0 Å². The summed E-state index contributed by atoms with van der Waals surface area (Å²) in [6.45, 7) is 0.212. The van der Waals surface area contributed by atoms with Gasteiger partial charge in [-0.05, 0) is 17.7 Å². The van der Waals surface area contributed by atoms with Gasteiger partial charge in [0.1, 0.15) is 23.4 Å². The zero-order chi connectivity index (χ0) is 16.7. The molecule has 0 fully saturated rings. The second kappa shape index (κ2) is 5.79. The van der Waals surface area contributed by atoms with Gasteiger partial charge in [-0.15, -0.1) is 0 Å². The van der Waals surface area contributed by atoms with Crippen LogP contribution in [0.5, 0.6) is 28.7 Å². The van der Waals surface area contributed by atoms with Crippen LogP contribution in [-0.4, -0.2) is 32.2 Å². The van der Waals surface area contributed by atoms with Crippen LogP contribution in [0.4, 0.5) is 0 Å². The van der Waals surface area contributed by atoms with Crippen LogP contribution in [0.1, 0.15) is 17.2 Å². The Labute approximate surface area is 139 Å². The quantitative estimate of drug-likeness (QED) is 0.933. The van der Waals surface area contributed by atoms with E-state index in [1.165, 1.54) is 0 Å². The van der Waals surface area contributed by atoms with E-state index in [1.807, 2.05) is 24.3 Å². The van der Waals surface area contributed by atoms with Crippen LogP contribution < -0.4 is 23.7 Å². The molecule has 2 unspecified atom stereocenters. The lowest BCUT2D eigenvalue weighted by molar-refractivity contribution is 0.0197. The Morgan fingerprint density at radius 1 is 1.00 bits per heavy atom. The molecule has 0 bridgehead atoms. The molecule has 2 aromatic rings. The number of aliphatic hydroxyl groups is 1. The third-order valence-electron chi connectivity index (χ3n) is 4.34. The maximum absolute atomic E-state index is 10.6. The molecule has 6 heteroatoms. The summed E-state index contributed by atoms with van der Waals surface area (Å²) < 4.78 is 27.5. The maximum atomic E-state index is 10.6. The standard InChI is InChI=1S/C18H18O6/c1-20-11-6-15(21-2)12-8-13(19)18(24-16(12)7-11)10-3-4-14-17(5-10)23-9-22-14/h3-7,13,18-19H,8-9H2,1-2H3. The van der Waals surface area contributed by atoms with Gasteiger partial charge in [0.2, 0.25) is 6.79 Å². The van der Waals surface area contributed by atoms with Crippen molar-refractivity contribution in [3.8, 4) is 28.7 Å². The number of benzene rings is 2. The SMILES string of the molecule is COc1cc(OC)c2c(c1)OC(c1ccc3c(c1)OCO3)C(O)C2. The fraction of sp³-hybridized carbons (Fsp3) is 0.333. The average Bonchev–Trinajstić information content (AvgIpc) is 3.08. The summed E-state index contributed by atoms with van der Waals surface area (Å²) in [7, 11) is 3.18. The molecule has 0 radical (unpaired) electrons. The first-order valence-electron chi connectivity index (χ1n) is 7.68. The van der Waals surface area contributed by atoms with Crippen LogP contribution in [0.25, 0.3) is 0 Å². The largest absolute Gasteiger partial charge is 0.496 e. The third-order valence-corrected chi connectivity index (χ3v) is 4.34. The summed E-state index contributed by atoms with van der Waals surface area (Å²) in [5, 5.41) is 10.6. The molecule has 0 amide bonds. The van der Waals surface area contributed by atoms with E-state index in [1.54, 1.807) is 20.3 Å². The van der Waals surface area contributed by atoms with E-state index in [0.717, 1.165) is 11.1 Å². The molecule has 0 saturated carbocycles. The van der Waals surface area contributed by atoms with Crippen molar-refractivity contribution >= 4 is 0 Å². The van der Waals surface area contributed by atoms with Gasteiger partial charge in [-0.25, -0.2) is 0 Å². The molecule has 2 aliphatic heterocycles. The van der Waals surface area contributed by atoms with Crippen LogP contribution >= 0.6 is 0 Å². The highest BCUT2D eigenvalue weighted by Crippen LogP contribution is 2.44. The number of rotatable bonds is 3. The predicted molar refractivity (Wildman–Crippen MR) is 85.2 cm³/mol. The summed E-state index contributed by atoms with van der Waals surface area (Å²) >= 11 is 0. The monoisotopic (exact) mass is 330 g/mol. The molecule has 24 heavy (non-hydrogen) atoms. The summed E-state index contributed by atoms with van der Waals surface area (Å²) in [5.41, 5.74) is 1.67. The zero-order valence-corrected chi connectivity index (χ0v) is 13.4. The number of ether oxygens (including phenoxy) is 5. The lowest BCUT2D eigenvalue weighted by Crippen LogP contribution is -2.30. The van der Waals surface area contributed by atoms with E-state index in [-0.39, 0.29) is 6.79 Å². The summed E-state index contributed by atoms with van der Waals surface area (Å²) in [6, 6.07) is 9.15.